The Morgan fingerprint density at radius 3 is 2.34 bits per heavy atom. The molecule has 3 aromatic carbocycles. The Morgan fingerprint density at radius 2 is 1.63 bits per heavy atom. The third-order valence-corrected chi connectivity index (χ3v) is 6.39. The van der Waals surface area contributed by atoms with Gasteiger partial charge in [0.1, 0.15) is 5.82 Å². The summed E-state index contributed by atoms with van der Waals surface area (Å²) in [5.41, 5.74) is 2.87. The molecule has 1 aliphatic heterocycles. The highest BCUT2D eigenvalue weighted by molar-refractivity contribution is 6.04. The number of nitrogens with one attached hydrogen (secondary N) is 3. The van der Waals surface area contributed by atoms with Gasteiger partial charge in [-0.15, -0.1) is 0 Å². The number of carbonyl (C=O) groups is 2. The van der Waals surface area contributed by atoms with Gasteiger partial charge in [-0.05, 0) is 61.6 Å². The molecule has 4 rings (SSSR count). The fourth-order valence-corrected chi connectivity index (χ4v) is 4.27. The van der Waals surface area contributed by atoms with E-state index in [4.69, 9.17) is 0 Å². The normalized spacial score (nSPS) is 14.8. The van der Waals surface area contributed by atoms with Gasteiger partial charge in [0.15, 0.2) is 0 Å². The van der Waals surface area contributed by atoms with E-state index < -0.39 is 11.8 Å². The molecule has 0 saturated carbocycles. The number of nitrogens with zero attached hydrogens (tertiary/aromatic N) is 1. The molecule has 182 valence electrons. The van der Waals surface area contributed by atoms with Crippen molar-refractivity contribution in [3.8, 4) is 0 Å². The Kier molecular flexibility index (Phi) is 7.65. The lowest BCUT2D eigenvalue weighted by molar-refractivity contribution is 0.0940. The average molecular weight is 475 g/mol. The summed E-state index contributed by atoms with van der Waals surface area (Å²) in [6.45, 7) is 5.93. The zero-order valence-corrected chi connectivity index (χ0v) is 20.1. The maximum absolute atomic E-state index is 13.9. The quantitative estimate of drug-likeness (QED) is 0.398. The minimum atomic E-state index is -0.585. The lowest BCUT2D eigenvalue weighted by Gasteiger charge is -2.33. The highest BCUT2D eigenvalue weighted by Crippen LogP contribution is 2.29. The maximum atomic E-state index is 13.9. The van der Waals surface area contributed by atoms with E-state index in [2.05, 4.69) is 27.8 Å². The summed E-state index contributed by atoms with van der Waals surface area (Å²) in [6.07, 6.45) is 2.12. The minimum absolute atomic E-state index is 0.0821. The van der Waals surface area contributed by atoms with Gasteiger partial charge in [0.25, 0.3) is 5.91 Å². The van der Waals surface area contributed by atoms with Crippen molar-refractivity contribution in [1.82, 2.24) is 5.32 Å². The van der Waals surface area contributed by atoms with Gasteiger partial charge in [-0.3, -0.25) is 4.79 Å². The van der Waals surface area contributed by atoms with Gasteiger partial charge in [0, 0.05) is 24.5 Å². The van der Waals surface area contributed by atoms with E-state index in [-0.39, 0.29) is 17.6 Å². The number of hydrogen-bond acceptors (Lipinski definition) is 3. The van der Waals surface area contributed by atoms with Crippen LogP contribution in [0.4, 0.5) is 26.2 Å². The molecule has 3 N–H and O–H groups in total. The molecular weight excluding hydrogens is 443 g/mol. The van der Waals surface area contributed by atoms with Crippen molar-refractivity contribution in [2.75, 3.05) is 28.6 Å². The summed E-state index contributed by atoms with van der Waals surface area (Å²) in [5.74, 6) is -0.0786. The number of urea groups is 1. The van der Waals surface area contributed by atoms with Crippen molar-refractivity contribution >= 4 is 29.0 Å². The smallest absolute Gasteiger partial charge is 0.323 e. The topological polar surface area (TPSA) is 73.5 Å². The first-order valence-corrected chi connectivity index (χ1v) is 12.0. The molecule has 0 spiro atoms. The van der Waals surface area contributed by atoms with Gasteiger partial charge in [-0.25, -0.2) is 9.18 Å². The Hall–Kier alpha value is -3.87. The van der Waals surface area contributed by atoms with Gasteiger partial charge in [-0.1, -0.05) is 49.4 Å². The SMILES string of the molecule is CC1CCN(c2ccc(NC(=O)Nc3ccccc3F)cc2C(=O)NC(C)c2ccccc2)CC1. The van der Waals surface area contributed by atoms with Crippen LogP contribution in [0.3, 0.4) is 0 Å². The molecule has 35 heavy (non-hydrogen) atoms. The molecule has 6 nitrogen and oxygen atoms in total. The van der Waals surface area contributed by atoms with Crippen LogP contribution < -0.4 is 20.9 Å². The van der Waals surface area contributed by atoms with Gasteiger partial charge in [-0.2, -0.15) is 0 Å². The van der Waals surface area contributed by atoms with E-state index in [1.54, 1.807) is 24.3 Å². The lowest BCUT2D eigenvalue weighted by atomic mass is 9.97. The number of anilines is 3. The highest BCUT2D eigenvalue weighted by atomic mass is 19.1. The van der Waals surface area contributed by atoms with Gasteiger partial charge >= 0.3 is 6.03 Å². The number of para-hydroxylation sites is 1. The minimum Gasteiger partial charge on any atom is -0.371 e. The van der Waals surface area contributed by atoms with E-state index in [9.17, 15) is 14.0 Å². The van der Waals surface area contributed by atoms with Crippen molar-refractivity contribution in [2.24, 2.45) is 5.92 Å². The van der Waals surface area contributed by atoms with Gasteiger partial charge in [0.2, 0.25) is 0 Å². The van der Waals surface area contributed by atoms with Crippen LogP contribution in [0.5, 0.6) is 0 Å². The number of halogens is 1. The molecule has 1 heterocycles. The monoisotopic (exact) mass is 474 g/mol. The average Bonchev–Trinajstić information content (AvgIpc) is 2.86. The second-order valence-electron chi connectivity index (χ2n) is 9.07. The molecule has 7 heteroatoms. The number of piperidine rings is 1. The summed E-state index contributed by atoms with van der Waals surface area (Å²) in [5, 5.41) is 8.31. The molecule has 0 bridgehead atoms. The number of hydrogen-bond donors (Lipinski definition) is 3. The fourth-order valence-electron chi connectivity index (χ4n) is 4.27. The predicted molar refractivity (Wildman–Crippen MR) is 138 cm³/mol. The van der Waals surface area contributed by atoms with Crippen LogP contribution in [0.25, 0.3) is 0 Å². The molecule has 3 aromatic rings. The third kappa shape index (κ3) is 6.18. The Balaban J connectivity index is 1.56. The number of benzene rings is 3. The first-order valence-electron chi connectivity index (χ1n) is 12.0. The molecule has 1 aliphatic rings. The Morgan fingerprint density at radius 1 is 0.943 bits per heavy atom. The third-order valence-electron chi connectivity index (χ3n) is 6.39. The zero-order chi connectivity index (χ0) is 24.8. The van der Waals surface area contributed by atoms with Crippen LogP contribution in [0.15, 0.2) is 72.8 Å². The van der Waals surface area contributed by atoms with Gasteiger partial charge in [0.05, 0.1) is 17.3 Å². The molecule has 1 atom stereocenters. The molecule has 1 saturated heterocycles. The number of carbonyl (C=O) groups excluding carboxylic acids is 2. The van der Waals surface area contributed by atoms with E-state index in [0.29, 0.717) is 17.2 Å². The van der Waals surface area contributed by atoms with Crippen LogP contribution in [-0.2, 0) is 0 Å². The van der Waals surface area contributed by atoms with E-state index in [1.807, 2.05) is 43.3 Å². The molecule has 0 aliphatic carbocycles. The zero-order valence-electron chi connectivity index (χ0n) is 20.1. The second kappa shape index (κ2) is 11.0. The Labute approximate surface area is 205 Å². The van der Waals surface area contributed by atoms with Crippen molar-refractivity contribution in [3.63, 3.8) is 0 Å². The molecule has 1 fully saturated rings. The van der Waals surface area contributed by atoms with Crippen molar-refractivity contribution in [2.45, 2.75) is 32.7 Å². The van der Waals surface area contributed by atoms with Crippen molar-refractivity contribution in [1.29, 1.82) is 0 Å². The highest BCUT2D eigenvalue weighted by Gasteiger charge is 2.23. The van der Waals surface area contributed by atoms with E-state index in [0.717, 1.165) is 37.2 Å². The molecule has 1 unspecified atom stereocenters. The standard InChI is InChI=1S/C28H31FN4O2/c1-19-14-16-33(17-15-19)26-13-12-22(31-28(35)32-25-11-7-6-10-24(25)29)18-23(26)27(34)30-20(2)21-8-4-3-5-9-21/h3-13,18-20H,14-17H2,1-2H3,(H,30,34)(H2,31,32,35). The predicted octanol–water partition coefficient (Wildman–Crippen LogP) is 6.20. The molecule has 3 amide bonds. The van der Waals surface area contributed by atoms with Gasteiger partial charge < -0.3 is 20.9 Å². The van der Waals surface area contributed by atoms with Crippen LogP contribution in [0.2, 0.25) is 0 Å². The van der Waals surface area contributed by atoms with E-state index >= 15 is 0 Å². The number of rotatable bonds is 6. The summed E-state index contributed by atoms with van der Waals surface area (Å²) in [4.78, 5) is 28.1. The Bertz CT molecular complexity index is 1180. The van der Waals surface area contributed by atoms with Crippen LogP contribution >= 0.6 is 0 Å². The van der Waals surface area contributed by atoms with E-state index in [1.165, 1.54) is 12.1 Å². The molecule has 0 radical (unpaired) electrons. The maximum Gasteiger partial charge on any atom is 0.323 e. The largest absolute Gasteiger partial charge is 0.371 e. The van der Waals surface area contributed by atoms with Crippen LogP contribution in [0.1, 0.15) is 48.7 Å². The van der Waals surface area contributed by atoms with Crippen molar-refractivity contribution < 1.29 is 14.0 Å². The summed E-state index contributed by atoms with van der Waals surface area (Å²) in [7, 11) is 0. The first-order chi connectivity index (χ1) is 16.9. The number of amides is 3. The van der Waals surface area contributed by atoms with Crippen molar-refractivity contribution in [3.05, 3.63) is 89.7 Å². The van der Waals surface area contributed by atoms with Crippen LogP contribution in [0, 0.1) is 11.7 Å². The molecular formula is C28H31FN4O2. The summed E-state index contributed by atoms with van der Waals surface area (Å²) in [6, 6.07) is 20.3. The molecule has 0 aromatic heterocycles. The fraction of sp³-hybridized carbons (Fsp3) is 0.286. The lowest BCUT2D eigenvalue weighted by Crippen LogP contribution is -2.35. The van der Waals surface area contributed by atoms with Crippen LogP contribution in [-0.4, -0.2) is 25.0 Å². The summed E-state index contributed by atoms with van der Waals surface area (Å²) >= 11 is 0. The second-order valence-corrected chi connectivity index (χ2v) is 9.07. The first kappa shape index (κ1) is 24.3. The summed E-state index contributed by atoms with van der Waals surface area (Å²) < 4.78 is 13.9.